The molecule has 0 atom stereocenters. The SMILES string of the molecule is COc1ccc(CNC2(C(F)(F)F)CC2)cc1. The zero-order valence-corrected chi connectivity index (χ0v) is 9.47. The first-order valence-electron chi connectivity index (χ1n) is 5.41. The Hall–Kier alpha value is -1.23. The molecule has 1 fully saturated rings. The third kappa shape index (κ3) is 2.54. The minimum atomic E-state index is -4.15. The van der Waals surface area contributed by atoms with Crippen molar-refractivity contribution < 1.29 is 17.9 Å². The Labute approximate surface area is 97.8 Å². The van der Waals surface area contributed by atoms with E-state index in [1.807, 2.05) is 0 Å². The maximum absolute atomic E-state index is 12.6. The molecule has 0 saturated heterocycles. The number of rotatable bonds is 4. The number of benzene rings is 1. The first-order chi connectivity index (χ1) is 7.97. The number of alkyl halides is 3. The van der Waals surface area contributed by atoms with Crippen molar-refractivity contribution in [1.29, 1.82) is 0 Å². The third-order valence-corrected chi connectivity index (χ3v) is 3.08. The van der Waals surface area contributed by atoms with Gasteiger partial charge in [0.25, 0.3) is 0 Å². The first kappa shape index (κ1) is 12.2. The molecular weight excluding hydrogens is 231 g/mol. The number of halogens is 3. The lowest BCUT2D eigenvalue weighted by Crippen LogP contribution is -2.44. The Kier molecular flexibility index (Phi) is 3.03. The van der Waals surface area contributed by atoms with Gasteiger partial charge >= 0.3 is 6.18 Å². The molecule has 0 aliphatic heterocycles. The van der Waals surface area contributed by atoms with E-state index in [4.69, 9.17) is 4.74 Å². The van der Waals surface area contributed by atoms with Crippen LogP contribution in [-0.4, -0.2) is 18.8 Å². The predicted octanol–water partition coefficient (Wildman–Crippen LogP) is 2.88. The van der Waals surface area contributed by atoms with Gasteiger partial charge in [0.05, 0.1) is 7.11 Å². The van der Waals surface area contributed by atoms with Crippen molar-refractivity contribution in [2.24, 2.45) is 0 Å². The van der Waals surface area contributed by atoms with Crippen molar-refractivity contribution in [3.8, 4) is 5.75 Å². The predicted molar refractivity (Wildman–Crippen MR) is 57.9 cm³/mol. The van der Waals surface area contributed by atoms with E-state index in [-0.39, 0.29) is 19.4 Å². The lowest BCUT2D eigenvalue weighted by atomic mass is 10.2. The normalized spacial score (nSPS) is 17.9. The largest absolute Gasteiger partial charge is 0.497 e. The van der Waals surface area contributed by atoms with Crippen molar-refractivity contribution in [2.75, 3.05) is 7.11 Å². The van der Waals surface area contributed by atoms with Crippen LogP contribution in [0, 0.1) is 0 Å². The highest BCUT2D eigenvalue weighted by molar-refractivity contribution is 5.27. The molecule has 1 aromatic carbocycles. The smallest absolute Gasteiger partial charge is 0.406 e. The summed E-state index contributed by atoms with van der Waals surface area (Å²) in [4.78, 5) is 0. The monoisotopic (exact) mass is 245 g/mol. The zero-order chi connectivity index (χ0) is 12.5. The van der Waals surface area contributed by atoms with Crippen molar-refractivity contribution in [1.82, 2.24) is 5.32 Å². The van der Waals surface area contributed by atoms with Gasteiger partial charge in [0.2, 0.25) is 0 Å². The molecule has 5 heteroatoms. The van der Waals surface area contributed by atoms with E-state index < -0.39 is 11.7 Å². The van der Waals surface area contributed by atoms with Crippen LogP contribution in [0.5, 0.6) is 5.75 Å². The van der Waals surface area contributed by atoms with Crippen LogP contribution in [0.1, 0.15) is 18.4 Å². The lowest BCUT2D eigenvalue weighted by Gasteiger charge is -2.20. The summed E-state index contributed by atoms with van der Waals surface area (Å²) >= 11 is 0. The summed E-state index contributed by atoms with van der Waals surface area (Å²) in [6, 6.07) is 7.00. The number of nitrogens with one attached hydrogen (secondary N) is 1. The van der Waals surface area contributed by atoms with Gasteiger partial charge in [-0.1, -0.05) is 12.1 Å². The standard InChI is InChI=1S/C12H14F3NO/c1-17-10-4-2-9(3-5-10)8-16-11(6-7-11)12(13,14)15/h2-5,16H,6-8H2,1H3. The van der Waals surface area contributed by atoms with Crippen molar-refractivity contribution >= 4 is 0 Å². The van der Waals surface area contributed by atoms with Gasteiger partial charge in [0.1, 0.15) is 11.3 Å². The molecule has 1 aromatic rings. The molecule has 17 heavy (non-hydrogen) atoms. The summed E-state index contributed by atoms with van der Waals surface area (Å²) < 4.78 is 42.9. The van der Waals surface area contributed by atoms with E-state index in [9.17, 15) is 13.2 Å². The Balaban J connectivity index is 1.94. The van der Waals surface area contributed by atoms with Gasteiger partial charge in [0, 0.05) is 6.54 Å². The van der Waals surface area contributed by atoms with Gasteiger partial charge in [-0.3, -0.25) is 5.32 Å². The van der Waals surface area contributed by atoms with Gasteiger partial charge in [-0.05, 0) is 30.5 Å². The summed E-state index contributed by atoms with van der Waals surface area (Å²) in [5.74, 6) is 0.700. The molecule has 1 saturated carbocycles. The quantitative estimate of drug-likeness (QED) is 0.880. The molecular formula is C12H14F3NO. The molecule has 1 N–H and O–H groups in total. The zero-order valence-electron chi connectivity index (χ0n) is 9.47. The summed E-state index contributed by atoms with van der Waals surface area (Å²) in [6.45, 7) is 0.226. The van der Waals surface area contributed by atoms with Crippen LogP contribution in [0.2, 0.25) is 0 Å². The Morgan fingerprint density at radius 1 is 1.24 bits per heavy atom. The molecule has 2 rings (SSSR count). The van der Waals surface area contributed by atoms with Crippen LogP contribution in [0.4, 0.5) is 13.2 Å². The fourth-order valence-corrected chi connectivity index (χ4v) is 1.70. The molecule has 0 radical (unpaired) electrons. The van der Waals surface area contributed by atoms with Crippen LogP contribution >= 0.6 is 0 Å². The van der Waals surface area contributed by atoms with E-state index in [0.29, 0.717) is 5.75 Å². The van der Waals surface area contributed by atoms with Crippen LogP contribution in [0.25, 0.3) is 0 Å². The molecule has 1 aliphatic rings. The van der Waals surface area contributed by atoms with Gasteiger partial charge in [-0.2, -0.15) is 13.2 Å². The highest BCUT2D eigenvalue weighted by Gasteiger charge is 2.62. The molecule has 0 bridgehead atoms. The minimum absolute atomic E-state index is 0.173. The maximum atomic E-state index is 12.6. The van der Waals surface area contributed by atoms with Crippen LogP contribution in [0.3, 0.4) is 0 Å². The molecule has 94 valence electrons. The van der Waals surface area contributed by atoms with Crippen molar-refractivity contribution in [2.45, 2.75) is 31.1 Å². The molecule has 0 aromatic heterocycles. The fraction of sp³-hybridized carbons (Fsp3) is 0.500. The molecule has 2 nitrogen and oxygen atoms in total. The highest BCUT2D eigenvalue weighted by atomic mass is 19.4. The van der Waals surface area contributed by atoms with Crippen LogP contribution in [0.15, 0.2) is 24.3 Å². The second-order valence-corrected chi connectivity index (χ2v) is 4.28. The van der Waals surface area contributed by atoms with E-state index in [1.54, 1.807) is 31.4 Å². The Morgan fingerprint density at radius 3 is 2.24 bits per heavy atom. The van der Waals surface area contributed by atoms with E-state index in [2.05, 4.69) is 5.32 Å². The Morgan fingerprint density at radius 2 is 1.82 bits per heavy atom. The number of hydrogen-bond donors (Lipinski definition) is 1. The second kappa shape index (κ2) is 4.22. The Bertz CT molecular complexity index is 382. The van der Waals surface area contributed by atoms with E-state index in [1.165, 1.54) is 0 Å². The topological polar surface area (TPSA) is 21.3 Å². The molecule has 0 unspecified atom stereocenters. The number of hydrogen-bond acceptors (Lipinski definition) is 2. The van der Waals surface area contributed by atoms with E-state index in [0.717, 1.165) is 5.56 Å². The first-order valence-corrected chi connectivity index (χ1v) is 5.41. The summed E-state index contributed by atoms with van der Waals surface area (Å²) in [6.07, 6.45) is -3.81. The molecule has 0 spiro atoms. The molecule has 0 amide bonds. The van der Waals surface area contributed by atoms with Crippen molar-refractivity contribution in [3.05, 3.63) is 29.8 Å². The average Bonchev–Trinajstić information content (AvgIpc) is 3.07. The van der Waals surface area contributed by atoms with Gasteiger partial charge in [-0.25, -0.2) is 0 Å². The van der Waals surface area contributed by atoms with Gasteiger partial charge < -0.3 is 4.74 Å². The minimum Gasteiger partial charge on any atom is -0.497 e. The number of methoxy groups -OCH3 is 1. The van der Waals surface area contributed by atoms with Crippen molar-refractivity contribution in [3.63, 3.8) is 0 Å². The second-order valence-electron chi connectivity index (χ2n) is 4.28. The average molecular weight is 245 g/mol. The lowest BCUT2D eigenvalue weighted by molar-refractivity contribution is -0.166. The summed E-state index contributed by atoms with van der Waals surface area (Å²) in [5.41, 5.74) is -0.825. The van der Waals surface area contributed by atoms with Crippen LogP contribution < -0.4 is 10.1 Å². The van der Waals surface area contributed by atoms with Gasteiger partial charge in [0.15, 0.2) is 0 Å². The molecule has 1 aliphatic carbocycles. The van der Waals surface area contributed by atoms with E-state index >= 15 is 0 Å². The fourth-order valence-electron chi connectivity index (χ4n) is 1.70. The summed E-state index contributed by atoms with van der Waals surface area (Å²) in [5, 5.41) is 2.60. The third-order valence-electron chi connectivity index (χ3n) is 3.08. The van der Waals surface area contributed by atoms with Crippen LogP contribution in [-0.2, 0) is 6.54 Å². The maximum Gasteiger partial charge on any atom is 0.406 e. The number of ether oxygens (including phenoxy) is 1. The van der Waals surface area contributed by atoms with Gasteiger partial charge in [-0.15, -0.1) is 0 Å². The summed E-state index contributed by atoms with van der Waals surface area (Å²) in [7, 11) is 1.55. The highest BCUT2D eigenvalue weighted by Crippen LogP contribution is 2.49. The molecule has 0 heterocycles.